The molecule has 2 aliphatic carbocycles. The summed E-state index contributed by atoms with van der Waals surface area (Å²) in [7, 11) is 0. The van der Waals surface area contributed by atoms with Gasteiger partial charge in [-0.15, -0.1) is 0 Å². The van der Waals surface area contributed by atoms with Gasteiger partial charge in [-0.1, -0.05) is 18.6 Å². The topological polar surface area (TPSA) is 55.1 Å². The van der Waals surface area contributed by atoms with Crippen LogP contribution in [0.4, 0.5) is 0 Å². The monoisotopic (exact) mass is 222 g/mol. The second kappa shape index (κ2) is 4.58. The van der Waals surface area contributed by atoms with Crippen molar-refractivity contribution >= 4 is 5.91 Å². The van der Waals surface area contributed by atoms with Gasteiger partial charge >= 0.3 is 0 Å². The summed E-state index contributed by atoms with van der Waals surface area (Å²) in [6.07, 6.45) is 6.79. The molecule has 16 heavy (non-hydrogen) atoms. The van der Waals surface area contributed by atoms with E-state index in [9.17, 15) is 4.79 Å². The van der Waals surface area contributed by atoms with Crippen LogP contribution in [0.5, 0.6) is 0 Å². The Labute approximate surface area is 97.5 Å². The third kappa shape index (κ3) is 2.85. The van der Waals surface area contributed by atoms with E-state index < -0.39 is 0 Å². The number of carbonyl (C=O) groups is 1. The molecular formula is C13H22N2O. The first-order valence-corrected chi connectivity index (χ1v) is 6.29. The molecule has 0 bridgehead atoms. The Morgan fingerprint density at radius 2 is 2.25 bits per heavy atom. The maximum Gasteiger partial charge on any atom is 0.234 e. The van der Waals surface area contributed by atoms with Crippen molar-refractivity contribution in [3.8, 4) is 0 Å². The van der Waals surface area contributed by atoms with Crippen LogP contribution in [0.2, 0.25) is 0 Å². The lowest BCUT2D eigenvalue weighted by Gasteiger charge is -2.31. The van der Waals surface area contributed by atoms with Gasteiger partial charge in [-0.05, 0) is 44.4 Å². The van der Waals surface area contributed by atoms with Gasteiger partial charge < -0.3 is 11.1 Å². The number of rotatable bonds is 4. The van der Waals surface area contributed by atoms with E-state index in [1.165, 1.54) is 18.4 Å². The van der Waals surface area contributed by atoms with Crippen LogP contribution < -0.4 is 11.1 Å². The number of amides is 1. The molecule has 0 aromatic heterocycles. The van der Waals surface area contributed by atoms with Crippen molar-refractivity contribution in [2.45, 2.75) is 51.6 Å². The van der Waals surface area contributed by atoms with Crippen molar-refractivity contribution in [2.75, 3.05) is 0 Å². The average molecular weight is 222 g/mol. The highest BCUT2D eigenvalue weighted by atomic mass is 16.1. The molecule has 0 aliphatic heterocycles. The molecule has 3 atom stereocenters. The van der Waals surface area contributed by atoms with Crippen LogP contribution in [0.25, 0.3) is 0 Å². The normalized spacial score (nSPS) is 32.0. The molecule has 3 N–H and O–H groups in total. The van der Waals surface area contributed by atoms with Crippen LogP contribution >= 0.6 is 0 Å². The lowest BCUT2D eigenvalue weighted by molar-refractivity contribution is -0.121. The molecule has 2 rings (SSSR count). The molecule has 0 spiro atoms. The Hall–Kier alpha value is -0.830. The number of primary amides is 1. The molecule has 3 heteroatoms. The first kappa shape index (κ1) is 11.6. The largest absolute Gasteiger partial charge is 0.368 e. The quantitative estimate of drug-likeness (QED) is 0.710. The second-order valence-electron chi connectivity index (χ2n) is 5.51. The summed E-state index contributed by atoms with van der Waals surface area (Å²) >= 11 is 0. The zero-order valence-corrected chi connectivity index (χ0v) is 10.2. The van der Waals surface area contributed by atoms with Crippen molar-refractivity contribution in [3.05, 3.63) is 11.6 Å². The summed E-state index contributed by atoms with van der Waals surface area (Å²) in [5.41, 5.74) is 6.91. The van der Waals surface area contributed by atoms with E-state index in [1.54, 1.807) is 0 Å². The van der Waals surface area contributed by atoms with Gasteiger partial charge in [0, 0.05) is 6.04 Å². The highest BCUT2D eigenvalue weighted by Crippen LogP contribution is 2.31. The van der Waals surface area contributed by atoms with Gasteiger partial charge in [-0.3, -0.25) is 4.79 Å². The lowest BCUT2D eigenvalue weighted by Crippen LogP contribution is -2.48. The highest BCUT2D eigenvalue weighted by Gasteiger charge is 2.34. The molecule has 1 saturated carbocycles. The van der Waals surface area contributed by atoms with Crippen molar-refractivity contribution in [3.63, 3.8) is 0 Å². The molecule has 0 heterocycles. The number of hydrogen-bond donors (Lipinski definition) is 2. The van der Waals surface area contributed by atoms with Crippen molar-refractivity contribution in [1.29, 1.82) is 0 Å². The van der Waals surface area contributed by atoms with Gasteiger partial charge in [0.05, 0.1) is 6.04 Å². The van der Waals surface area contributed by atoms with E-state index in [4.69, 9.17) is 5.73 Å². The van der Waals surface area contributed by atoms with Gasteiger partial charge in [0.25, 0.3) is 0 Å². The molecule has 0 saturated heterocycles. The summed E-state index contributed by atoms with van der Waals surface area (Å²) in [5.74, 6) is 0.776. The molecule has 3 unspecified atom stereocenters. The number of hydrogen-bond acceptors (Lipinski definition) is 2. The summed E-state index contributed by atoms with van der Waals surface area (Å²) in [5, 5.41) is 3.40. The SMILES string of the molecule is CC1=CC(C)CC(C(NC2CC2)C(N)=O)C1. The van der Waals surface area contributed by atoms with Crippen LogP contribution in [-0.2, 0) is 4.79 Å². The fourth-order valence-corrected chi connectivity index (χ4v) is 2.80. The zero-order valence-electron chi connectivity index (χ0n) is 10.2. The Kier molecular flexibility index (Phi) is 3.33. The standard InChI is InChI=1S/C13H22N2O/c1-8-5-9(2)7-10(6-8)12(13(14)16)15-11-3-4-11/h5,8,10-12,15H,3-4,6-7H2,1-2H3,(H2,14,16). The lowest BCUT2D eigenvalue weighted by atomic mass is 9.79. The molecule has 3 nitrogen and oxygen atoms in total. The summed E-state index contributed by atoms with van der Waals surface area (Å²) in [6, 6.07) is 0.414. The minimum absolute atomic E-state index is 0.126. The maximum atomic E-state index is 11.5. The van der Waals surface area contributed by atoms with Gasteiger partial charge in [-0.2, -0.15) is 0 Å². The number of allylic oxidation sites excluding steroid dienone is 2. The van der Waals surface area contributed by atoms with E-state index in [2.05, 4.69) is 25.2 Å². The number of nitrogens with one attached hydrogen (secondary N) is 1. The molecule has 0 aromatic carbocycles. The van der Waals surface area contributed by atoms with E-state index >= 15 is 0 Å². The molecule has 0 radical (unpaired) electrons. The van der Waals surface area contributed by atoms with Gasteiger partial charge in [0.2, 0.25) is 5.91 Å². The minimum atomic E-state index is -0.182. The van der Waals surface area contributed by atoms with E-state index in [-0.39, 0.29) is 11.9 Å². The van der Waals surface area contributed by atoms with Crippen LogP contribution in [0.1, 0.15) is 39.5 Å². The third-order valence-corrected chi connectivity index (χ3v) is 3.60. The van der Waals surface area contributed by atoms with Gasteiger partial charge in [0.1, 0.15) is 0 Å². The molecule has 2 aliphatic rings. The minimum Gasteiger partial charge on any atom is -0.368 e. The van der Waals surface area contributed by atoms with Gasteiger partial charge in [0.15, 0.2) is 0 Å². The van der Waals surface area contributed by atoms with Crippen LogP contribution in [0.3, 0.4) is 0 Å². The van der Waals surface area contributed by atoms with Crippen LogP contribution in [0, 0.1) is 11.8 Å². The predicted octanol–water partition coefficient (Wildman–Crippen LogP) is 1.58. The molecule has 90 valence electrons. The molecular weight excluding hydrogens is 200 g/mol. The number of carbonyl (C=O) groups excluding carboxylic acids is 1. The molecule has 1 fully saturated rings. The summed E-state index contributed by atoms with van der Waals surface area (Å²) in [4.78, 5) is 11.5. The third-order valence-electron chi connectivity index (χ3n) is 3.60. The smallest absolute Gasteiger partial charge is 0.234 e. The Morgan fingerprint density at radius 1 is 1.56 bits per heavy atom. The van der Waals surface area contributed by atoms with E-state index in [1.807, 2.05) is 0 Å². The summed E-state index contributed by atoms with van der Waals surface area (Å²) < 4.78 is 0. The van der Waals surface area contributed by atoms with Gasteiger partial charge in [-0.25, -0.2) is 0 Å². The predicted molar refractivity (Wildman–Crippen MR) is 64.8 cm³/mol. The van der Waals surface area contributed by atoms with E-state index in [0.717, 1.165) is 12.8 Å². The van der Waals surface area contributed by atoms with Crippen LogP contribution in [-0.4, -0.2) is 18.0 Å². The van der Waals surface area contributed by atoms with Crippen molar-refractivity contribution in [1.82, 2.24) is 5.32 Å². The number of nitrogens with two attached hydrogens (primary N) is 1. The highest BCUT2D eigenvalue weighted by molar-refractivity contribution is 5.80. The summed E-state index contributed by atoms with van der Waals surface area (Å²) in [6.45, 7) is 4.36. The van der Waals surface area contributed by atoms with Crippen molar-refractivity contribution in [2.24, 2.45) is 17.6 Å². The molecule has 1 amide bonds. The fraction of sp³-hybridized carbons (Fsp3) is 0.769. The van der Waals surface area contributed by atoms with Crippen molar-refractivity contribution < 1.29 is 4.79 Å². The average Bonchev–Trinajstić information content (AvgIpc) is 2.95. The fourth-order valence-electron chi connectivity index (χ4n) is 2.80. The Balaban J connectivity index is 2.01. The first-order chi connectivity index (χ1) is 7.56. The Bertz CT molecular complexity index is 307. The molecule has 0 aromatic rings. The van der Waals surface area contributed by atoms with E-state index in [0.29, 0.717) is 17.9 Å². The van der Waals surface area contributed by atoms with Crippen LogP contribution in [0.15, 0.2) is 11.6 Å². The maximum absolute atomic E-state index is 11.5. The zero-order chi connectivity index (χ0) is 11.7. The Morgan fingerprint density at radius 3 is 2.75 bits per heavy atom. The first-order valence-electron chi connectivity index (χ1n) is 6.29. The second-order valence-corrected chi connectivity index (χ2v) is 5.51.